The molecule has 0 aliphatic rings. The minimum atomic E-state index is 0.542. The number of rotatable bonds is 6. The van der Waals surface area contributed by atoms with Gasteiger partial charge in [0.1, 0.15) is 30.3 Å². The molecule has 0 unspecified atom stereocenters. The molecule has 32 heavy (non-hydrogen) atoms. The maximum absolute atomic E-state index is 5.88. The molecule has 6 heteroatoms. The zero-order valence-corrected chi connectivity index (χ0v) is 18.0. The standard InChI is InChI=1S/C26H23N5O/c1-18-27-15-25(31(18)2)20-8-13-24-23(14-20)26(29-17-28-24)30-21-9-11-22(12-10-21)32-16-19-6-4-3-5-7-19/h3-15,17H,16H2,1-2H3,(H,28,29,30). The van der Waals surface area contributed by atoms with E-state index in [1.807, 2.05) is 68.7 Å². The minimum Gasteiger partial charge on any atom is -0.489 e. The van der Waals surface area contributed by atoms with Gasteiger partial charge in [0.2, 0.25) is 0 Å². The van der Waals surface area contributed by atoms with Crippen molar-refractivity contribution in [3.63, 3.8) is 0 Å². The van der Waals surface area contributed by atoms with E-state index in [1.54, 1.807) is 6.33 Å². The molecule has 2 aromatic heterocycles. The molecule has 0 amide bonds. The van der Waals surface area contributed by atoms with Crippen LogP contribution in [0, 0.1) is 6.92 Å². The van der Waals surface area contributed by atoms with Crippen molar-refractivity contribution in [2.75, 3.05) is 5.32 Å². The van der Waals surface area contributed by atoms with E-state index in [0.29, 0.717) is 6.61 Å². The minimum absolute atomic E-state index is 0.542. The summed E-state index contributed by atoms with van der Waals surface area (Å²) in [7, 11) is 2.02. The van der Waals surface area contributed by atoms with Crippen LogP contribution >= 0.6 is 0 Å². The molecule has 0 bridgehead atoms. The molecule has 0 atom stereocenters. The molecular formula is C26H23N5O. The van der Waals surface area contributed by atoms with Crippen molar-refractivity contribution in [1.29, 1.82) is 0 Å². The topological polar surface area (TPSA) is 64.9 Å². The summed E-state index contributed by atoms with van der Waals surface area (Å²) in [5.41, 5.74) is 5.08. The van der Waals surface area contributed by atoms with Gasteiger partial charge in [0.15, 0.2) is 0 Å². The van der Waals surface area contributed by atoms with E-state index in [1.165, 1.54) is 0 Å². The summed E-state index contributed by atoms with van der Waals surface area (Å²) in [6, 6.07) is 24.2. The lowest BCUT2D eigenvalue weighted by Gasteiger charge is -2.11. The molecule has 0 aliphatic carbocycles. The Hall–Kier alpha value is -4.19. The fourth-order valence-electron chi connectivity index (χ4n) is 3.60. The second-order valence-electron chi connectivity index (χ2n) is 7.63. The maximum Gasteiger partial charge on any atom is 0.141 e. The number of hydrogen-bond acceptors (Lipinski definition) is 5. The second-order valence-corrected chi connectivity index (χ2v) is 7.63. The highest BCUT2D eigenvalue weighted by Crippen LogP contribution is 2.29. The van der Waals surface area contributed by atoms with Crippen LogP contribution in [0.1, 0.15) is 11.4 Å². The summed E-state index contributed by atoms with van der Waals surface area (Å²) >= 11 is 0. The highest BCUT2D eigenvalue weighted by molar-refractivity contribution is 5.93. The molecule has 3 aromatic carbocycles. The average molecular weight is 422 g/mol. The first kappa shape index (κ1) is 19.8. The fraction of sp³-hybridized carbons (Fsp3) is 0.115. The Balaban J connectivity index is 1.37. The van der Waals surface area contributed by atoms with Crippen molar-refractivity contribution in [2.24, 2.45) is 7.05 Å². The van der Waals surface area contributed by atoms with Crippen LogP contribution in [0.2, 0.25) is 0 Å². The quantitative estimate of drug-likeness (QED) is 0.383. The SMILES string of the molecule is Cc1ncc(-c2ccc3ncnc(Nc4ccc(OCc5ccccc5)cc4)c3c2)n1C. The zero-order chi connectivity index (χ0) is 21.9. The van der Waals surface area contributed by atoms with Gasteiger partial charge in [0, 0.05) is 23.7 Å². The summed E-state index contributed by atoms with van der Waals surface area (Å²) in [4.78, 5) is 13.3. The van der Waals surface area contributed by atoms with Crippen LogP contribution in [0.4, 0.5) is 11.5 Å². The molecule has 0 saturated heterocycles. The lowest BCUT2D eigenvalue weighted by Crippen LogP contribution is -1.98. The smallest absolute Gasteiger partial charge is 0.141 e. The van der Waals surface area contributed by atoms with Gasteiger partial charge in [-0.2, -0.15) is 0 Å². The van der Waals surface area contributed by atoms with Crippen LogP contribution in [0.3, 0.4) is 0 Å². The van der Waals surface area contributed by atoms with Crippen LogP contribution in [0.25, 0.3) is 22.2 Å². The van der Waals surface area contributed by atoms with Crippen molar-refractivity contribution < 1.29 is 4.74 Å². The number of aromatic nitrogens is 4. The van der Waals surface area contributed by atoms with Gasteiger partial charge >= 0.3 is 0 Å². The number of benzene rings is 3. The zero-order valence-electron chi connectivity index (χ0n) is 18.0. The van der Waals surface area contributed by atoms with Gasteiger partial charge in [0.05, 0.1) is 17.4 Å². The molecule has 0 saturated carbocycles. The Morgan fingerprint density at radius 1 is 0.906 bits per heavy atom. The third-order valence-corrected chi connectivity index (χ3v) is 5.52. The normalized spacial score (nSPS) is 10.9. The number of nitrogens with zero attached hydrogens (tertiary/aromatic N) is 4. The first-order chi connectivity index (χ1) is 15.7. The van der Waals surface area contributed by atoms with Gasteiger partial charge in [0.25, 0.3) is 0 Å². The van der Waals surface area contributed by atoms with Gasteiger partial charge in [-0.05, 0) is 48.9 Å². The summed E-state index contributed by atoms with van der Waals surface area (Å²) in [6.07, 6.45) is 3.47. The summed E-state index contributed by atoms with van der Waals surface area (Å²) in [6.45, 7) is 2.54. The molecule has 0 aliphatic heterocycles. The van der Waals surface area contributed by atoms with Gasteiger partial charge in [-0.1, -0.05) is 36.4 Å². The monoisotopic (exact) mass is 421 g/mol. The van der Waals surface area contributed by atoms with E-state index in [0.717, 1.165) is 50.8 Å². The predicted molar refractivity (Wildman–Crippen MR) is 127 cm³/mol. The lowest BCUT2D eigenvalue weighted by molar-refractivity contribution is 0.306. The molecule has 5 rings (SSSR count). The lowest BCUT2D eigenvalue weighted by atomic mass is 10.1. The van der Waals surface area contributed by atoms with Gasteiger partial charge < -0.3 is 14.6 Å². The molecule has 0 fully saturated rings. The van der Waals surface area contributed by atoms with E-state index in [-0.39, 0.29) is 0 Å². The van der Waals surface area contributed by atoms with Crippen molar-refractivity contribution in [3.8, 4) is 17.0 Å². The first-order valence-corrected chi connectivity index (χ1v) is 10.4. The molecular weight excluding hydrogens is 398 g/mol. The number of ether oxygens (including phenoxy) is 1. The van der Waals surface area contributed by atoms with Crippen LogP contribution in [0.5, 0.6) is 5.75 Å². The number of nitrogens with one attached hydrogen (secondary N) is 1. The maximum atomic E-state index is 5.88. The van der Waals surface area contributed by atoms with E-state index in [9.17, 15) is 0 Å². The second kappa shape index (κ2) is 8.51. The predicted octanol–water partition coefficient (Wildman–Crippen LogP) is 5.66. The Bertz CT molecular complexity index is 1360. The van der Waals surface area contributed by atoms with Gasteiger partial charge in [-0.15, -0.1) is 0 Å². The number of imidazole rings is 1. The Morgan fingerprint density at radius 2 is 1.72 bits per heavy atom. The molecule has 0 radical (unpaired) electrons. The summed E-state index contributed by atoms with van der Waals surface area (Å²) in [5, 5.41) is 4.37. The van der Waals surface area contributed by atoms with Crippen molar-refractivity contribution in [2.45, 2.75) is 13.5 Å². The third-order valence-electron chi connectivity index (χ3n) is 5.52. The van der Waals surface area contributed by atoms with Crippen LogP contribution in [-0.4, -0.2) is 19.5 Å². The van der Waals surface area contributed by atoms with E-state index < -0.39 is 0 Å². The first-order valence-electron chi connectivity index (χ1n) is 10.4. The van der Waals surface area contributed by atoms with Crippen molar-refractivity contribution >= 4 is 22.4 Å². The Kier molecular flexibility index (Phi) is 5.25. The van der Waals surface area contributed by atoms with E-state index >= 15 is 0 Å². The number of anilines is 2. The molecule has 158 valence electrons. The molecule has 5 aromatic rings. The van der Waals surface area contributed by atoms with Crippen molar-refractivity contribution in [1.82, 2.24) is 19.5 Å². The number of aryl methyl sites for hydroxylation is 1. The van der Waals surface area contributed by atoms with Gasteiger partial charge in [-0.3, -0.25) is 0 Å². The highest BCUT2D eigenvalue weighted by atomic mass is 16.5. The Labute approximate surface area is 186 Å². The van der Waals surface area contributed by atoms with Crippen molar-refractivity contribution in [3.05, 3.63) is 96.7 Å². The highest BCUT2D eigenvalue weighted by Gasteiger charge is 2.10. The number of hydrogen-bond donors (Lipinski definition) is 1. The summed E-state index contributed by atoms with van der Waals surface area (Å²) in [5.74, 6) is 2.55. The summed E-state index contributed by atoms with van der Waals surface area (Å²) < 4.78 is 7.96. The third kappa shape index (κ3) is 4.03. The molecule has 2 heterocycles. The fourth-order valence-corrected chi connectivity index (χ4v) is 3.60. The molecule has 1 N–H and O–H groups in total. The van der Waals surface area contributed by atoms with Crippen LogP contribution < -0.4 is 10.1 Å². The van der Waals surface area contributed by atoms with Crippen LogP contribution in [-0.2, 0) is 13.7 Å². The van der Waals surface area contributed by atoms with E-state index in [4.69, 9.17) is 4.74 Å². The largest absolute Gasteiger partial charge is 0.489 e. The van der Waals surface area contributed by atoms with E-state index in [2.05, 4.69) is 49.1 Å². The average Bonchev–Trinajstić information content (AvgIpc) is 3.17. The van der Waals surface area contributed by atoms with Gasteiger partial charge in [-0.25, -0.2) is 15.0 Å². The molecule has 6 nitrogen and oxygen atoms in total. The Morgan fingerprint density at radius 3 is 2.47 bits per heavy atom. The van der Waals surface area contributed by atoms with Crippen LogP contribution in [0.15, 0.2) is 85.3 Å². The number of fused-ring (bicyclic) bond motifs is 1. The molecule has 0 spiro atoms.